The van der Waals surface area contributed by atoms with Crippen LogP contribution in [0.4, 0.5) is 14.5 Å². The molecule has 132 valence electrons. The van der Waals surface area contributed by atoms with Gasteiger partial charge in [0, 0.05) is 25.6 Å². The van der Waals surface area contributed by atoms with E-state index in [1.807, 2.05) is 0 Å². The highest BCUT2D eigenvalue weighted by Crippen LogP contribution is 2.17. The summed E-state index contributed by atoms with van der Waals surface area (Å²) in [5.74, 6) is -2.59. The van der Waals surface area contributed by atoms with E-state index in [1.165, 1.54) is 11.0 Å². The van der Waals surface area contributed by atoms with Crippen LogP contribution in [-0.4, -0.2) is 55.6 Å². The van der Waals surface area contributed by atoms with E-state index in [4.69, 9.17) is 4.74 Å². The third kappa shape index (κ3) is 4.97. The van der Waals surface area contributed by atoms with Crippen LogP contribution in [0.3, 0.4) is 0 Å². The zero-order valence-electron chi connectivity index (χ0n) is 13.5. The molecular formula is C16H21F2N3O3. The molecule has 2 rings (SSSR count). The Balaban J connectivity index is 1.91. The minimum atomic E-state index is -0.860. The predicted molar refractivity (Wildman–Crippen MR) is 84.5 cm³/mol. The van der Waals surface area contributed by atoms with Crippen molar-refractivity contribution in [2.45, 2.75) is 19.4 Å². The molecule has 0 saturated carbocycles. The molecule has 2 N–H and O–H groups in total. The standard InChI is InChI=1S/C16H21F2N3O3/c1-2-21(15(23)8-11-10-24-7-6-19-11)9-14(22)20-16-12(17)4-3-5-13(16)18/h3-5,11,19H,2,6-10H2,1H3,(H,20,22). The van der Waals surface area contributed by atoms with Gasteiger partial charge in [-0.15, -0.1) is 0 Å². The van der Waals surface area contributed by atoms with Crippen molar-refractivity contribution in [1.82, 2.24) is 10.2 Å². The number of para-hydroxylation sites is 1. The van der Waals surface area contributed by atoms with E-state index in [1.54, 1.807) is 6.92 Å². The highest BCUT2D eigenvalue weighted by atomic mass is 19.1. The molecule has 1 fully saturated rings. The lowest BCUT2D eigenvalue weighted by Gasteiger charge is -2.26. The molecule has 0 spiro atoms. The van der Waals surface area contributed by atoms with Gasteiger partial charge in [-0.05, 0) is 19.1 Å². The summed E-state index contributed by atoms with van der Waals surface area (Å²) in [7, 11) is 0. The van der Waals surface area contributed by atoms with Gasteiger partial charge in [-0.3, -0.25) is 9.59 Å². The van der Waals surface area contributed by atoms with Gasteiger partial charge in [0.1, 0.15) is 17.3 Å². The zero-order valence-corrected chi connectivity index (χ0v) is 13.5. The van der Waals surface area contributed by atoms with Gasteiger partial charge in [-0.25, -0.2) is 8.78 Å². The Morgan fingerprint density at radius 3 is 2.67 bits per heavy atom. The Labute approximate surface area is 139 Å². The van der Waals surface area contributed by atoms with Crippen LogP contribution in [-0.2, 0) is 14.3 Å². The highest BCUT2D eigenvalue weighted by molar-refractivity contribution is 5.94. The summed E-state index contributed by atoms with van der Waals surface area (Å²) in [6.07, 6.45) is 0.204. The van der Waals surface area contributed by atoms with Crippen LogP contribution < -0.4 is 10.6 Å². The Morgan fingerprint density at radius 1 is 1.38 bits per heavy atom. The maximum atomic E-state index is 13.5. The van der Waals surface area contributed by atoms with Crippen molar-refractivity contribution >= 4 is 17.5 Å². The number of nitrogens with one attached hydrogen (secondary N) is 2. The topological polar surface area (TPSA) is 70.7 Å². The molecule has 1 aliphatic heterocycles. The van der Waals surface area contributed by atoms with Gasteiger partial charge in [-0.1, -0.05) is 6.07 Å². The average Bonchev–Trinajstić information content (AvgIpc) is 2.57. The molecule has 1 unspecified atom stereocenters. The first-order valence-corrected chi connectivity index (χ1v) is 7.84. The maximum absolute atomic E-state index is 13.5. The summed E-state index contributed by atoms with van der Waals surface area (Å²) in [6, 6.07) is 3.22. The number of nitrogens with zero attached hydrogens (tertiary/aromatic N) is 1. The molecule has 1 saturated heterocycles. The molecule has 0 aromatic heterocycles. The van der Waals surface area contributed by atoms with Gasteiger partial charge >= 0.3 is 0 Å². The number of amides is 2. The second kappa shape index (κ2) is 8.70. The van der Waals surface area contributed by atoms with Crippen molar-refractivity contribution in [2.24, 2.45) is 0 Å². The molecule has 1 heterocycles. The maximum Gasteiger partial charge on any atom is 0.244 e. The van der Waals surface area contributed by atoms with Crippen molar-refractivity contribution < 1.29 is 23.1 Å². The Kier molecular flexibility index (Phi) is 6.62. The van der Waals surface area contributed by atoms with E-state index in [-0.39, 0.29) is 24.9 Å². The quantitative estimate of drug-likeness (QED) is 0.814. The molecule has 8 heteroatoms. The first kappa shape index (κ1) is 18.3. The third-order valence-electron chi connectivity index (χ3n) is 3.72. The Morgan fingerprint density at radius 2 is 2.08 bits per heavy atom. The molecule has 24 heavy (non-hydrogen) atoms. The van der Waals surface area contributed by atoms with Crippen molar-refractivity contribution in [1.29, 1.82) is 0 Å². The summed E-state index contributed by atoms with van der Waals surface area (Å²) in [5.41, 5.74) is -0.506. The molecule has 0 aliphatic carbocycles. The fraction of sp³-hybridized carbons (Fsp3) is 0.500. The predicted octanol–water partition coefficient (Wildman–Crippen LogP) is 1.13. The number of hydrogen-bond acceptors (Lipinski definition) is 4. The minimum Gasteiger partial charge on any atom is -0.378 e. The number of carbonyl (C=O) groups excluding carboxylic acids is 2. The minimum absolute atomic E-state index is 0.0904. The molecular weight excluding hydrogens is 320 g/mol. The number of benzene rings is 1. The van der Waals surface area contributed by atoms with E-state index in [0.29, 0.717) is 26.3 Å². The van der Waals surface area contributed by atoms with Gasteiger partial charge < -0.3 is 20.3 Å². The smallest absolute Gasteiger partial charge is 0.244 e. The molecule has 1 aromatic carbocycles. The fourth-order valence-corrected chi connectivity index (χ4v) is 2.44. The number of rotatable bonds is 6. The third-order valence-corrected chi connectivity index (χ3v) is 3.72. The number of anilines is 1. The van der Waals surface area contributed by atoms with Crippen molar-refractivity contribution in [2.75, 3.05) is 38.2 Å². The second-order valence-corrected chi connectivity index (χ2v) is 5.48. The average molecular weight is 341 g/mol. The van der Waals surface area contributed by atoms with Crippen LogP contribution in [0.1, 0.15) is 13.3 Å². The second-order valence-electron chi connectivity index (χ2n) is 5.48. The van der Waals surface area contributed by atoms with Crippen molar-refractivity contribution in [3.8, 4) is 0 Å². The van der Waals surface area contributed by atoms with E-state index < -0.39 is 23.2 Å². The lowest BCUT2D eigenvalue weighted by atomic mass is 10.2. The summed E-state index contributed by atoms with van der Waals surface area (Å²) in [4.78, 5) is 25.6. The van der Waals surface area contributed by atoms with E-state index >= 15 is 0 Å². The number of morpholine rings is 1. The lowest BCUT2D eigenvalue weighted by molar-refractivity contribution is -0.135. The molecule has 1 atom stereocenters. The van der Waals surface area contributed by atoms with Gasteiger partial charge in [-0.2, -0.15) is 0 Å². The zero-order chi connectivity index (χ0) is 17.5. The molecule has 0 bridgehead atoms. The van der Waals surface area contributed by atoms with Gasteiger partial charge in [0.2, 0.25) is 11.8 Å². The number of carbonyl (C=O) groups is 2. The first-order chi connectivity index (χ1) is 11.5. The van der Waals surface area contributed by atoms with Crippen molar-refractivity contribution in [3.63, 3.8) is 0 Å². The van der Waals surface area contributed by atoms with E-state index in [9.17, 15) is 18.4 Å². The molecule has 6 nitrogen and oxygen atoms in total. The van der Waals surface area contributed by atoms with E-state index in [2.05, 4.69) is 10.6 Å². The van der Waals surface area contributed by atoms with E-state index in [0.717, 1.165) is 12.1 Å². The number of hydrogen-bond donors (Lipinski definition) is 2. The monoisotopic (exact) mass is 341 g/mol. The Bertz CT molecular complexity index is 572. The molecule has 0 radical (unpaired) electrons. The molecule has 1 aliphatic rings. The summed E-state index contributed by atoms with van der Waals surface area (Å²) < 4.78 is 32.4. The molecule has 2 amide bonds. The van der Waals surface area contributed by atoms with Crippen LogP contribution >= 0.6 is 0 Å². The number of likely N-dealkylation sites (N-methyl/N-ethyl adjacent to an activating group) is 1. The van der Waals surface area contributed by atoms with Crippen LogP contribution in [0.25, 0.3) is 0 Å². The fourth-order valence-electron chi connectivity index (χ4n) is 2.44. The lowest BCUT2D eigenvalue weighted by Crippen LogP contribution is -2.46. The Hall–Kier alpha value is -2.06. The van der Waals surface area contributed by atoms with Crippen LogP contribution in [0, 0.1) is 11.6 Å². The van der Waals surface area contributed by atoms with Gasteiger partial charge in [0.05, 0.1) is 19.8 Å². The van der Waals surface area contributed by atoms with Gasteiger partial charge in [0.25, 0.3) is 0 Å². The van der Waals surface area contributed by atoms with Crippen LogP contribution in [0.15, 0.2) is 18.2 Å². The summed E-state index contributed by atoms with van der Waals surface area (Å²) in [5, 5.41) is 5.34. The first-order valence-electron chi connectivity index (χ1n) is 7.84. The van der Waals surface area contributed by atoms with Crippen LogP contribution in [0.5, 0.6) is 0 Å². The van der Waals surface area contributed by atoms with Crippen LogP contribution in [0.2, 0.25) is 0 Å². The SMILES string of the molecule is CCN(CC(=O)Nc1c(F)cccc1F)C(=O)CC1COCCN1. The summed E-state index contributed by atoms with van der Waals surface area (Å²) in [6.45, 7) is 3.52. The number of halogens is 2. The van der Waals surface area contributed by atoms with Gasteiger partial charge in [0.15, 0.2) is 0 Å². The number of ether oxygens (including phenoxy) is 1. The summed E-state index contributed by atoms with van der Waals surface area (Å²) >= 11 is 0. The highest BCUT2D eigenvalue weighted by Gasteiger charge is 2.22. The largest absolute Gasteiger partial charge is 0.378 e. The normalized spacial score (nSPS) is 17.4. The van der Waals surface area contributed by atoms with Crippen molar-refractivity contribution in [3.05, 3.63) is 29.8 Å². The molecule has 1 aromatic rings.